The van der Waals surface area contributed by atoms with Crippen molar-refractivity contribution in [2.75, 3.05) is 5.32 Å². The molecule has 2 rings (SSSR count). The summed E-state index contributed by atoms with van der Waals surface area (Å²) in [6.07, 6.45) is 0. The van der Waals surface area contributed by atoms with Gasteiger partial charge in [0.15, 0.2) is 5.69 Å². The minimum Gasteiger partial charge on any atom is -0.320 e. The Hall–Kier alpha value is -2.17. The zero-order chi connectivity index (χ0) is 12.4. The number of H-pyrrole nitrogens is 1. The first-order valence-electron chi connectivity index (χ1n) is 5.16. The minimum atomic E-state index is -0.391. The third-order valence-electron chi connectivity index (χ3n) is 2.55. The van der Waals surface area contributed by atoms with Crippen molar-refractivity contribution >= 4 is 11.6 Å². The Kier molecular flexibility index (Phi) is 2.91. The molecule has 1 aromatic carbocycles. The Morgan fingerprint density at radius 3 is 2.76 bits per heavy atom. The van der Waals surface area contributed by atoms with Crippen molar-refractivity contribution in [1.29, 1.82) is 0 Å². The summed E-state index contributed by atoms with van der Waals surface area (Å²) in [4.78, 5) is 11.8. The van der Waals surface area contributed by atoms with Gasteiger partial charge in [-0.15, -0.1) is 0 Å². The van der Waals surface area contributed by atoms with Crippen LogP contribution in [-0.2, 0) is 0 Å². The van der Waals surface area contributed by atoms with Crippen LogP contribution in [0, 0.1) is 19.7 Å². The molecular formula is C12H12FN3O. The Bertz CT molecular complexity index is 563. The van der Waals surface area contributed by atoms with E-state index in [-0.39, 0.29) is 5.91 Å². The van der Waals surface area contributed by atoms with Gasteiger partial charge in [0.25, 0.3) is 5.91 Å². The second kappa shape index (κ2) is 4.37. The van der Waals surface area contributed by atoms with Gasteiger partial charge in [-0.3, -0.25) is 9.89 Å². The van der Waals surface area contributed by atoms with Crippen LogP contribution in [0.1, 0.15) is 21.7 Å². The van der Waals surface area contributed by atoms with Gasteiger partial charge in [-0.25, -0.2) is 4.39 Å². The Morgan fingerprint density at radius 1 is 1.41 bits per heavy atom. The van der Waals surface area contributed by atoms with E-state index in [1.165, 1.54) is 18.2 Å². The number of aromatic amines is 1. The van der Waals surface area contributed by atoms with Gasteiger partial charge in [-0.05, 0) is 32.0 Å². The fourth-order valence-corrected chi connectivity index (χ4v) is 1.46. The van der Waals surface area contributed by atoms with Crippen LogP contribution in [0.25, 0.3) is 0 Å². The van der Waals surface area contributed by atoms with Crippen LogP contribution in [0.5, 0.6) is 0 Å². The maximum Gasteiger partial charge on any atom is 0.276 e. The zero-order valence-corrected chi connectivity index (χ0v) is 9.54. The zero-order valence-electron chi connectivity index (χ0n) is 9.54. The second-order valence-electron chi connectivity index (χ2n) is 3.79. The number of rotatable bonds is 2. The predicted molar refractivity (Wildman–Crippen MR) is 62.4 cm³/mol. The highest BCUT2D eigenvalue weighted by Crippen LogP contribution is 2.13. The number of carbonyl (C=O) groups excluding carboxylic acids is 1. The third-order valence-corrected chi connectivity index (χ3v) is 2.55. The molecule has 5 heteroatoms. The smallest absolute Gasteiger partial charge is 0.276 e. The molecule has 0 saturated heterocycles. The van der Waals surface area contributed by atoms with Gasteiger partial charge in [0.05, 0.1) is 0 Å². The van der Waals surface area contributed by atoms with E-state index in [1.54, 1.807) is 13.0 Å². The number of benzene rings is 1. The molecular weight excluding hydrogens is 221 g/mol. The normalized spacial score (nSPS) is 10.3. The first kappa shape index (κ1) is 11.3. The summed E-state index contributed by atoms with van der Waals surface area (Å²) in [5.74, 6) is -0.741. The van der Waals surface area contributed by atoms with Gasteiger partial charge in [0, 0.05) is 16.9 Å². The minimum absolute atomic E-state index is 0.326. The molecule has 0 aliphatic rings. The molecule has 88 valence electrons. The van der Waals surface area contributed by atoms with Crippen LogP contribution < -0.4 is 5.32 Å². The SMILES string of the molecule is Cc1[nH]nc(C(=O)Nc2cccc(F)c2)c1C. The Labute approximate surface area is 97.9 Å². The topological polar surface area (TPSA) is 57.8 Å². The standard InChI is InChI=1S/C12H12FN3O/c1-7-8(2)15-16-11(7)12(17)14-10-5-3-4-9(13)6-10/h3-6H,1-2H3,(H,14,17)(H,15,16). The summed E-state index contributed by atoms with van der Waals surface area (Å²) in [6, 6.07) is 5.73. The molecule has 0 radical (unpaired) electrons. The lowest BCUT2D eigenvalue weighted by Crippen LogP contribution is -2.13. The van der Waals surface area contributed by atoms with Crippen molar-refractivity contribution in [3.63, 3.8) is 0 Å². The third kappa shape index (κ3) is 2.33. The van der Waals surface area contributed by atoms with Crippen molar-refractivity contribution in [2.24, 2.45) is 0 Å². The average molecular weight is 233 g/mol. The van der Waals surface area contributed by atoms with Crippen LogP contribution >= 0.6 is 0 Å². The molecule has 0 spiro atoms. The van der Waals surface area contributed by atoms with E-state index in [2.05, 4.69) is 15.5 Å². The molecule has 17 heavy (non-hydrogen) atoms. The highest BCUT2D eigenvalue weighted by atomic mass is 19.1. The van der Waals surface area contributed by atoms with Crippen molar-refractivity contribution in [3.05, 3.63) is 47.0 Å². The molecule has 0 aliphatic carbocycles. The molecule has 0 bridgehead atoms. The number of aryl methyl sites for hydroxylation is 1. The highest BCUT2D eigenvalue weighted by molar-refractivity contribution is 6.03. The van der Waals surface area contributed by atoms with Crippen LogP contribution in [-0.4, -0.2) is 16.1 Å². The molecule has 2 aromatic rings. The van der Waals surface area contributed by atoms with E-state index in [9.17, 15) is 9.18 Å². The number of halogens is 1. The molecule has 1 heterocycles. The van der Waals surface area contributed by atoms with Crippen molar-refractivity contribution in [2.45, 2.75) is 13.8 Å². The van der Waals surface area contributed by atoms with Gasteiger partial charge >= 0.3 is 0 Å². The quantitative estimate of drug-likeness (QED) is 0.836. The van der Waals surface area contributed by atoms with Gasteiger partial charge in [0.1, 0.15) is 5.82 Å². The number of carbonyl (C=O) groups is 1. The van der Waals surface area contributed by atoms with E-state index in [0.717, 1.165) is 11.3 Å². The van der Waals surface area contributed by atoms with Crippen LogP contribution in [0.2, 0.25) is 0 Å². The summed E-state index contributed by atoms with van der Waals surface area (Å²) in [6.45, 7) is 3.64. The van der Waals surface area contributed by atoms with Crippen molar-refractivity contribution in [1.82, 2.24) is 10.2 Å². The molecule has 0 aliphatic heterocycles. The first-order valence-corrected chi connectivity index (χ1v) is 5.16. The van der Waals surface area contributed by atoms with Crippen LogP contribution in [0.15, 0.2) is 24.3 Å². The Morgan fingerprint density at radius 2 is 2.18 bits per heavy atom. The fraction of sp³-hybridized carbons (Fsp3) is 0.167. The number of hydrogen-bond acceptors (Lipinski definition) is 2. The van der Waals surface area contributed by atoms with Gasteiger partial charge in [0.2, 0.25) is 0 Å². The maximum absolute atomic E-state index is 12.9. The highest BCUT2D eigenvalue weighted by Gasteiger charge is 2.14. The fourth-order valence-electron chi connectivity index (χ4n) is 1.46. The lowest BCUT2D eigenvalue weighted by atomic mass is 10.2. The molecule has 0 saturated carbocycles. The van der Waals surface area contributed by atoms with E-state index < -0.39 is 5.82 Å². The number of aromatic nitrogens is 2. The largest absolute Gasteiger partial charge is 0.320 e. The molecule has 0 fully saturated rings. The van der Waals surface area contributed by atoms with Crippen molar-refractivity contribution < 1.29 is 9.18 Å². The van der Waals surface area contributed by atoms with E-state index in [4.69, 9.17) is 0 Å². The number of amides is 1. The number of nitrogens with zero attached hydrogens (tertiary/aromatic N) is 1. The molecule has 0 atom stereocenters. The molecule has 1 amide bonds. The molecule has 2 N–H and O–H groups in total. The summed E-state index contributed by atoms with van der Waals surface area (Å²) < 4.78 is 12.9. The first-order chi connectivity index (χ1) is 8.08. The number of nitrogens with one attached hydrogen (secondary N) is 2. The number of anilines is 1. The van der Waals surface area contributed by atoms with E-state index in [0.29, 0.717) is 11.4 Å². The molecule has 0 unspecified atom stereocenters. The van der Waals surface area contributed by atoms with Gasteiger partial charge in [-0.2, -0.15) is 5.10 Å². The molecule has 4 nitrogen and oxygen atoms in total. The van der Waals surface area contributed by atoms with Crippen molar-refractivity contribution in [3.8, 4) is 0 Å². The summed E-state index contributed by atoms with van der Waals surface area (Å²) in [7, 11) is 0. The monoisotopic (exact) mass is 233 g/mol. The number of hydrogen-bond donors (Lipinski definition) is 2. The van der Waals surface area contributed by atoms with E-state index >= 15 is 0 Å². The summed E-state index contributed by atoms with van der Waals surface area (Å²) in [5.41, 5.74) is 2.37. The Balaban J connectivity index is 2.20. The second-order valence-corrected chi connectivity index (χ2v) is 3.79. The van der Waals surface area contributed by atoms with Crippen LogP contribution in [0.3, 0.4) is 0 Å². The van der Waals surface area contributed by atoms with E-state index in [1.807, 2.05) is 6.92 Å². The maximum atomic E-state index is 12.9. The predicted octanol–water partition coefficient (Wildman–Crippen LogP) is 2.42. The van der Waals surface area contributed by atoms with Gasteiger partial charge in [-0.1, -0.05) is 6.07 Å². The van der Waals surface area contributed by atoms with Gasteiger partial charge < -0.3 is 5.32 Å². The summed E-state index contributed by atoms with van der Waals surface area (Å²) in [5, 5.41) is 9.22. The summed E-state index contributed by atoms with van der Waals surface area (Å²) >= 11 is 0. The lowest BCUT2D eigenvalue weighted by Gasteiger charge is -2.03. The van der Waals surface area contributed by atoms with Crippen LogP contribution in [0.4, 0.5) is 10.1 Å². The molecule has 1 aromatic heterocycles. The lowest BCUT2D eigenvalue weighted by molar-refractivity contribution is 0.102. The average Bonchev–Trinajstić information content (AvgIpc) is 2.60.